The van der Waals surface area contributed by atoms with E-state index >= 15 is 0 Å². The first-order valence-corrected chi connectivity index (χ1v) is 9.40. The van der Waals surface area contributed by atoms with Gasteiger partial charge in [0.1, 0.15) is 0 Å². The predicted octanol–water partition coefficient (Wildman–Crippen LogP) is 1.32. The van der Waals surface area contributed by atoms with E-state index in [1.165, 1.54) is 0 Å². The summed E-state index contributed by atoms with van der Waals surface area (Å²) in [4.78, 5) is 14.5. The maximum Gasteiger partial charge on any atom is 0.227 e. The first kappa shape index (κ1) is 18.2. The van der Waals surface area contributed by atoms with Gasteiger partial charge in [0.2, 0.25) is 5.91 Å². The monoisotopic (exact) mass is 367 g/mol. The van der Waals surface area contributed by atoms with Crippen LogP contribution in [-0.2, 0) is 17.8 Å². The summed E-state index contributed by atoms with van der Waals surface area (Å²) in [5.41, 5.74) is 2.38. The molecule has 1 saturated carbocycles. The summed E-state index contributed by atoms with van der Waals surface area (Å²) in [7, 11) is 0. The standard InChI is InChI=1S/C22H25NO4/c24-12-16-8-6-15(7-9-16)10-20(27)23-11-19(26)22(14-23)18(13-25)21(22)17-4-2-1-3-5-17/h1-9,18-19,21,24-26H,10-14H2/t18-,19+,21-,22-/m1/s1. The second-order valence-electron chi connectivity index (χ2n) is 7.73. The summed E-state index contributed by atoms with van der Waals surface area (Å²) in [6.07, 6.45) is -0.352. The topological polar surface area (TPSA) is 81.0 Å². The minimum atomic E-state index is -0.624. The number of amides is 1. The van der Waals surface area contributed by atoms with Gasteiger partial charge in [0.25, 0.3) is 0 Å². The average molecular weight is 367 g/mol. The molecule has 4 rings (SSSR count). The van der Waals surface area contributed by atoms with Crippen LogP contribution < -0.4 is 0 Å². The fourth-order valence-corrected chi connectivity index (χ4v) is 4.81. The number of carbonyl (C=O) groups excluding carboxylic acids is 1. The van der Waals surface area contributed by atoms with Crippen molar-refractivity contribution < 1.29 is 20.1 Å². The number of hydrogen-bond acceptors (Lipinski definition) is 4. The normalized spacial score (nSPS) is 29.3. The van der Waals surface area contributed by atoms with Crippen molar-refractivity contribution in [1.29, 1.82) is 0 Å². The molecule has 142 valence electrons. The number of hydrogen-bond donors (Lipinski definition) is 3. The molecule has 5 heteroatoms. The van der Waals surface area contributed by atoms with Crippen LogP contribution in [0.1, 0.15) is 22.6 Å². The Bertz CT molecular complexity index is 807. The molecule has 0 radical (unpaired) electrons. The van der Waals surface area contributed by atoms with E-state index in [4.69, 9.17) is 5.11 Å². The summed E-state index contributed by atoms with van der Waals surface area (Å²) >= 11 is 0. The van der Waals surface area contributed by atoms with Crippen molar-refractivity contribution in [2.45, 2.75) is 25.0 Å². The lowest BCUT2D eigenvalue weighted by Crippen LogP contribution is -2.31. The lowest BCUT2D eigenvalue weighted by molar-refractivity contribution is -0.129. The Morgan fingerprint density at radius 2 is 1.70 bits per heavy atom. The zero-order valence-electron chi connectivity index (χ0n) is 15.2. The molecule has 1 aliphatic heterocycles. The molecule has 0 unspecified atom stereocenters. The van der Waals surface area contributed by atoms with Gasteiger partial charge >= 0.3 is 0 Å². The summed E-state index contributed by atoms with van der Waals surface area (Å²) in [6.45, 7) is 0.791. The lowest BCUT2D eigenvalue weighted by atomic mass is 9.95. The quantitative estimate of drug-likeness (QED) is 0.745. The summed E-state index contributed by atoms with van der Waals surface area (Å²) in [5.74, 6) is 0.0509. The van der Waals surface area contributed by atoms with Gasteiger partial charge < -0.3 is 20.2 Å². The average Bonchev–Trinajstić information content (AvgIpc) is 3.23. The van der Waals surface area contributed by atoms with E-state index < -0.39 is 11.5 Å². The van der Waals surface area contributed by atoms with E-state index in [0.717, 1.165) is 16.7 Å². The van der Waals surface area contributed by atoms with Crippen molar-refractivity contribution >= 4 is 5.91 Å². The minimum absolute atomic E-state index is 0.0152. The highest BCUT2D eigenvalue weighted by molar-refractivity contribution is 5.79. The van der Waals surface area contributed by atoms with Crippen molar-refractivity contribution in [2.75, 3.05) is 19.7 Å². The van der Waals surface area contributed by atoms with E-state index in [-0.39, 0.29) is 37.4 Å². The summed E-state index contributed by atoms with van der Waals surface area (Å²) in [6, 6.07) is 17.3. The van der Waals surface area contributed by atoms with Gasteiger partial charge in [-0.05, 0) is 28.5 Å². The number of carbonyl (C=O) groups is 1. The molecular formula is C22H25NO4. The van der Waals surface area contributed by atoms with Crippen LogP contribution in [0, 0.1) is 11.3 Å². The second-order valence-corrected chi connectivity index (χ2v) is 7.73. The third-order valence-corrected chi connectivity index (χ3v) is 6.31. The van der Waals surface area contributed by atoms with Crippen LogP contribution in [0.4, 0.5) is 0 Å². The number of aliphatic hydroxyl groups is 3. The Morgan fingerprint density at radius 3 is 2.33 bits per heavy atom. The molecule has 1 heterocycles. The fourth-order valence-electron chi connectivity index (χ4n) is 4.81. The molecule has 2 aliphatic rings. The van der Waals surface area contributed by atoms with Crippen LogP contribution >= 0.6 is 0 Å². The van der Waals surface area contributed by atoms with E-state index in [1.54, 1.807) is 4.90 Å². The summed E-state index contributed by atoms with van der Waals surface area (Å²) in [5, 5.41) is 29.7. The van der Waals surface area contributed by atoms with Gasteiger partial charge in [0.05, 0.1) is 19.1 Å². The number of aliphatic hydroxyl groups excluding tert-OH is 3. The molecular weight excluding hydrogens is 342 g/mol. The van der Waals surface area contributed by atoms with Gasteiger partial charge in [-0.3, -0.25) is 4.79 Å². The maximum absolute atomic E-state index is 12.8. The second kappa shape index (κ2) is 7.08. The molecule has 2 aromatic rings. The predicted molar refractivity (Wildman–Crippen MR) is 101 cm³/mol. The van der Waals surface area contributed by atoms with Crippen LogP contribution in [-0.4, -0.2) is 51.9 Å². The van der Waals surface area contributed by atoms with Crippen LogP contribution in [0.2, 0.25) is 0 Å². The smallest absolute Gasteiger partial charge is 0.227 e. The van der Waals surface area contributed by atoms with E-state index in [9.17, 15) is 15.0 Å². The minimum Gasteiger partial charge on any atom is -0.396 e. The number of β-amino-alcohol motifs (C(OH)–C–C–N with tert-alkyl or cyclic N) is 1. The number of benzene rings is 2. The SMILES string of the molecule is O=C(Cc1ccc(CO)cc1)N1C[C@H](O)[C@@]2(C1)[C@H](CO)[C@H]2c1ccccc1. The van der Waals surface area contributed by atoms with Gasteiger partial charge in [0, 0.05) is 25.1 Å². The Kier molecular flexibility index (Phi) is 4.76. The molecule has 4 atom stereocenters. The van der Waals surface area contributed by atoms with Crippen LogP contribution in [0.3, 0.4) is 0 Å². The highest BCUT2D eigenvalue weighted by Gasteiger charge is 2.71. The van der Waals surface area contributed by atoms with Crippen molar-refractivity contribution in [2.24, 2.45) is 11.3 Å². The van der Waals surface area contributed by atoms with E-state index in [0.29, 0.717) is 13.1 Å². The fraction of sp³-hybridized carbons (Fsp3) is 0.409. The zero-order chi connectivity index (χ0) is 19.0. The highest BCUT2D eigenvalue weighted by atomic mass is 16.3. The van der Waals surface area contributed by atoms with Gasteiger partial charge in [-0.2, -0.15) is 0 Å². The van der Waals surface area contributed by atoms with Crippen molar-refractivity contribution in [3.63, 3.8) is 0 Å². The molecule has 27 heavy (non-hydrogen) atoms. The third kappa shape index (κ3) is 3.06. The van der Waals surface area contributed by atoms with E-state index in [2.05, 4.69) is 0 Å². The van der Waals surface area contributed by atoms with Crippen molar-refractivity contribution in [1.82, 2.24) is 4.90 Å². The summed E-state index contributed by atoms with van der Waals surface area (Å²) < 4.78 is 0. The first-order chi connectivity index (χ1) is 13.1. The van der Waals surface area contributed by atoms with Gasteiger partial charge in [-0.25, -0.2) is 0 Å². The number of likely N-dealkylation sites (tertiary alicyclic amines) is 1. The molecule has 3 N–H and O–H groups in total. The first-order valence-electron chi connectivity index (χ1n) is 9.40. The molecule has 1 amide bonds. The Hall–Kier alpha value is -2.21. The lowest BCUT2D eigenvalue weighted by Gasteiger charge is -2.17. The zero-order valence-corrected chi connectivity index (χ0v) is 15.2. The number of nitrogens with zero attached hydrogens (tertiary/aromatic N) is 1. The van der Waals surface area contributed by atoms with Crippen LogP contribution in [0.15, 0.2) is 54.6 Å². The van der Waals surface area contributed by atoms with Crippen molar-refractivity contribution in [3.05, 3.63) is 71.3 Å². The molecule has 1 spiro atoms. The third-order valence-electron chi connectivity index (χ3n) is 6.31. The maximum atomic E-state index is 12.8. The Balaban J connectivity index is 1.48. The van der Waals surface area contributed by atoms with Crippen LogP contribution in [0.25, 0.3) is 0 Å². The molecule has 2 fully saturated rings. The Labute approximate surface area is 158 Å². The molecule has 1 saturated heterocycles. The molecule has 1 aliphatic carbocycles. The number of rotatable bonds is 5. The van der Waals surface area contributed by atoms with Gasteiger partial charge in [-0.15, -0.1) is 0 Å². The van der Waals surface area contributed by atoms with Gasteiger partial charge in [0.15, 0.2) is 0 Å². The molecule has 2 aromatic carbocycles. The molecule has 0 bridgehead atoms. The molecule has 0 aromatic heterocycles. The highest BCUT2D eigenvalue weighted by Crippen LogP contribution is 2.68. The Morgan fingerprint density at radius 1 is 1.04 bits per heavy atom. The largest absolute Gasteiger partial charge is 0.396 e. The van der Waals surface area contributed by atoms with Crippen LogP contribution in [0.5, 0.6) is 0 Å². The molecule has 5 nitrogen and oxygen atoms in total. The van der Waals surface area contributed by atoms with Gasteiger partial charge in [-0.1, -0.05) is 54.6 Å². The van der Waals surface area contributed by atoms with E-state index in [1.807, 2.05) is 54.6 Å². The van der Waals surface area contributed by atoms with Crippen molar-refractivity contribution in [3.8, 4) is 0 Å².